The van der Waals surface area contributed by atoms with Crippen LogP contribution in [0.5, 0.6) is 0 Å². The van der Waals surface area contributed by atoms with E-state index in [9.17, 15) is 13.2 Å². The summed E-state index contributed by atoms with van der Waals surface area (Å²) < 4.78 is 27.9. The number of anilines is 1. The molecule has 1 atom stereocenters. The quantitative estimate of drug-likeness (QED) is 0.751. The number of likely N-dealkylation sites (tertiary alicyclic amines) is 1. The highest BCUT2D eigenvalue weighted by Gasteiger charge is 2.29. The zero-order valence-electron chi connectivity index (χ0n) is 16.4. The van der Waals surface area contributed by atoms with Crippen LogP contribution in [0.25, 0.3) is 0 Å². The van der Waals surface area contributed by atoms with Crippen molar-refractivity contribution < 1.29 is 13.2 Å². The Labute approximate surface area is 171 Å². The van der Waals surface area contributed by atoms with Crippen molar-refractivity contribution in [3.63, 3.8) is 0 Å². The Morgan fingerprint density at radius 1 is 1.21 bits per heavy atom. The third kappa shape index (κ3) is 5.00. The number of piperidine rings is 1. The van der Waals surface area contributed by atoms with Gasteiger partial charge in [0, 0.05) is 24.8 Å². The predicted molar refractivity (Wildman–Crippen MR) is 113 cm³/mol. The van der Waals surface area contributed by atoms with Gasteiger partial charge in [-0.05, 0) is 56.7 Å². The van der Waals surface area contributed by atoms with Gasteiger partial charge in [0.2, 0.25) is 15.9 Å². The highest BCUT2D eigenvalue weighted by Crippen LogP contribution is 2.21. The molecule has 1 amide bonds. The highest BCUT2D eigenvalue weighted by molar-refractivity contribution is 7.91. The number of aryl methyl sites for hydroxylation is 2. The van der Waals surface area contributed by atoms with Crippen LogP contribution in [-0.2, 0) is 14.8 Å². The minimum Gasteiger partial charge on any atom is -0.324 e. The van der Waals surface area contributed by atoms with Gasteiger partial charge in [0.05, 0.1) is 6.04 Å². The molecule has 28 heavy (non-hydrogen) atoms. The zero-order valence-corrected chi connectivity index (χ0v) is 18.1. The monoisotopic (exact) mass is 421 g/mol. The largest absolute Gasteiger partial charge is 0.324 e. The molecule has 1 aromatic heterocycles. The summed E-state index contributed by atoms with van der Waals surface area (Å²) >= 11 is 1.22. The molecule has 2 aromatic rings. The number of hydrogen-bond donors (Lipinski definition) is 2. The molecule has 1 aliphatic heterocycles. The van der Waals surface area contributed by atoms with Gasteiger partial charge in [-0.25, -0.2) is 13.1 Å². The van der Waals surface area contributed by atoms with Gasteiger partial charge in [0.15, 0.2) is 0 Å². The van der Waals surface area contributed by atoms with Crippen LogP contribution in [0.2, 0.25) is 0 Å². The van der Waals surface area contributed by atoms with E-state index in [0.29, 0.717) is 30.1 Å². The molecule has 1 saturated heterocycles. The predicted octanol–water partition coefficient (Wildman–Crippen LogP) is 3.13. The summed E-state index contributed by atoms with van der Waals surface area (Å²) in [6.45, 7) is 7.27. The average molecular weight is 422 g/mol. The summed E-state index contributed by atoms with van der Waals surface area (Å²) in [5.41, 5.74) is 3.04. The van der Waals surface area contributed by atoms with Crippen molar-refractivity contribution in [1.82, 2.24) is 9.62 Å². The Balaban J connectivity index is 1.53. The molecule has 3 rings (SSSR count). The van der Waals surface area contributed by atoms with E-state index in [0.717, 1.165) is 16.8 Å². The van der Waals surface area contributed by atoms with Crippen molar-refractivity contribution in [3.05, 3.63) is 46.8 Å². The summed E-state index contributed by atoms with van der Waals surface area (Å²) in [7, 11) is -3.45. The summed E-state index contributed by atoms with van der Waals surface area (Å²) in [5.74, 6) is -0.0374. The molecule has 1 aliphatic rings. The minimum absolute atomic E-state index is 0.0374. The van der Waals surface area contributed by atoms with Gasteiger partial charge in [-0.15, -0.1) is 11.3 Å². The van der Waals surface area contributed by atoms with Crippen LogP contribution in [-0.4, -0.2) is 44.4 Å². The Bertz CT molecular complexity index is 918. The van der Waals surface area contributed by atoms with Gasteiger partial charge in [0.1, 0.15) is 4.21 Å². The molecule has 152 valence electrons. The van der Waals surface area contributed by atoms with Crippen molar-refractivity contribution >= 4 is 33.0 Å². The van der Waals surface area contributed by atoms with Crippen molar-refractivity contribution in [1.29, 1.82) is 0 Å². The molecule has 0 spiro atoms. The number of rotatable bonds is 6. The number of amides is 1. The molecule has 0 radical (unpaired) electrons. The number of sulfonamides is 1. The fraction of sp³-hybridized carbons (Fsp3) is 0.450. The normalized spacial score (nSPS) is 17.4. The smallest absolute Gasteiger partial charge is 0.250 e. The molecule has 1 fully saturated rings. The van der Waals surface area contributed by atoms with E-state index in [-0.39, 0.29) is 18.0 Å². The van der Waals surface area contributed by atoms with Crippen LogP contribution in [0.1, 0.15) is 30.9 Å². The molecule has 0 aliphatic carbocycles. The standard InChI is InChI=1S/C20H27N3O3S2/c1-14-6-7-18(15(2)13-14)21-20(24)16(3)23-10-8-17(9-11-23)22-28(25,26)19-5-4-12-27-19/h4-7,12-13,16-17,22H,8-11H2,1-3H3,(H,21,24). The van der Waals surface area contributed by atoms with Gasteiger partial charge in [-0.1, -0.05) is 23.8 Å². The molecule has 2 N–H and O–H groups in total. The molecule has 1 unspecified atom stereocenters. The molecule has 1 aromatic carbocycles. The topological polar surface area (TPSA) is 78.5 Å². The second-order valence-electron chi connectivity index (χ2n) is 7.35. The Morgan fingerprint density at radius 2 is 1.93 bits per heavy atom. The average Bonchev–Trinajstić information content (AvgIpc) is 3.19. The summed E-state index contributed by atoms with van der Waals surface area (Å²) in [4.78, 5) is 14.8. The first-order valence-electron chi connectivity index (χ1n) is 9.44. The number of thiophene rings is 1. The maximum absolute atomic E-state index is 12.7. The third-order valence-electron chi connectivity index (χ3n) is 5.18. The van der Waals surface area contributed by atoms with Crippen LogP contribution in [0, 0.1) is 13.8 Å². The molecule has 2 heterocycles. The van der Waals surface area contributed by atoms with Crippen LogP contribution >= 0.6 is 11.3 Å². The second-order valence-corrected chi connectivity index (χ2v) is 10.2. The Morgan fingerprint density at radius 3 is 2.54 bits per heavy atom. The first-order valence-corrected chi connectivity index (χ1v) is 11.8. The van der Waals surface area contributed by atoms with Crippen molar-refractivity contribution in [2.75, 3.05) is 18.4 Å². The third-order valence-corrected chi connectivity index (χ3v) is 8.10. The number of carbonyl (C=O) groups is 1. The van der Waals surface area contributed by atoms with Gasteiger partial charge < -0.3 is 5.32 Å². The molecule has 0 saturated carbocycles. The number of hydrogen-bond acceptors (Lipinski definition) is 5. The number of nitrogens with zero attached hydrogens (tertiary/aromatic N) is 1. The van der Waals surface area contributed by atoms with E-state index in [2.05, 4.69) is 14.9 Å². The lowest BCUT2D eigenvalue weighted by atomic mass is 10.0. The lowest BCUT2D eigenvalue weighted by molar-refractivity contribution is -0.121. The van der Waals surface area contributed by atoms with E-state index < -0.39 is 10.0 Å². The minimum atomic E-state index is -3.45. The van der Waals surface area contributed by atoms with E-state index in [1.165, 1.54) is 11.3 Å². The van der Waals surface area contributed by atoms with Gasteiger partial charge >= 0.3 is 0 Å². The van der Waals surface area contributed by atoms with Gasteiger partial charge in [-0.2, -0.15) is 0 Å². The lowest BCUT2D eigenvalue weighted by Crippen LogP contribution is -2.50. The molecular formula is C20H27N3O3S2. The highest BCUT2D eigenvalue weighted by atomic mass is 32.2. The molecule has 0 bridgehead atoms. The first kappa shape index (κ1) is 21.0. The van der Waals surface area contributed by atoms with Crippen molar-refractivity contribution in [2.45, 2.75) is 49.9 Å². The van der Waals surface area contributed by atoms with Crippen LogP contribution < -0.4 is 10.0 Å². The zero-order chi connectivity index (χ0) is 20.3. The lowest BCUT2D eigenvalue weighted by Gasteiger charge is -2.35. The van der Waals surface area contributed by atoms with E-state index >= 15 is 0 Å². The summed E-state index contributed by atoms with van der Waals surface area (Å²) in [6, 6.07) is 8.94. The Hall–Kier alpha value is -1.74. The maximum atomic E-state index is 12.7. The van der Waals surface area contributed by atoms with Crippen LogP contribution in [0.3, 0.4) is 0 Å². The summed E-state index contributed by atoms with van der Waals surface area (Å²) in [6.07, 6.45) is 1.37. The van der Waals surface area contributed by atoms with Gasteiger partial charge in [-0.3, -0.25) is 9.69 Å². The molecule has 6 nitrogen and oxygen atoms in total. The Kier molecular flexibility index (Phi) is 6.54. The fourth-order valence-corrected chi connectivity index (χ4v) is 5.77. The van der Waals surface area contributed by atoms with Crippen LogP contribution in [0.15, 0.2) is 39.9 Å². The van der Waals surface area contributed by atoms with E-state index in [1.54, 1.807) is 17.5 Å². The maximum Gasteiger partial charge on any atom is 0.250 e. The number of benzene rings is 1. The van der Waals surface area contributed by atoms with Crippen LogP contribution in [0.4, 0.5) is 5.69 Å². The van der Waals surface area contributed by atoms with E-state index in [1.807, 2.05) is 39.0 Å². The van der Waals surface area contributed by atoms with E-state index in [4.69, 9.17) is 0 Å². The molecular weight excluding hydrogens is 394 g/mol. The van der Waals surface area contributed by atoms with Crippen molar-refractivity contribution in [3.8, 4) is 0 Å². The van der Waals surface area contributed by atoms with Gasteiger partial charge in [0.25, 0.3) is 0 Å². The number of carbonyl (C=O) groups excluding carboxylic acids is 1. The second kappa shape index (κ2) is 8.73. The van der Waals surface area contributed by atoms with Crippen molar-refractivity contribution in [2.24, 2.45) is 0 Å². The fourth-order valence-electron chi connectivity index (χ4n) is 3.46. The number of nitrogens with one attached hydrogen (secondary N) is 2. The molecule has 8 heteroatoms. The summed E-state index contributed by atoms with van der Waals surface area (Å²) in [5, 5.41) is 4.77. The SMILES string of the molecule is Cc1ccc(NC(=O)C(C)N2CCC(NS(=O)(=O)c3cccs3)CC2)c(C)c1. The first-order chi connectivity index (χ1) is 13.3.